The summed E-state index contributed by atoms with van der Waals surface area (Å²) in [6.45, 7) is -0.479. The number of anilines is 1. The number of hydrazone groups is 1. The van der Waals surface area contributed by atoms with Crippen molar-refractivity contribution >= 4 is 55.4 Å². The van der Waals surface area contributed by atoms with Crippen molar-refractivity contribution in [3.63, 3.8) is 0 Å². The third-order valence-electron chi connectivity index (χ3n) is 3.37. The third kappa shape index (κ3) is 6.23. The fraction of sp³-hybridized carbons (Fsp3) is 0.176. The molecule has 0 unspecified atom stereocenters. The van der Waals surface area contributed by atoms with E-state index >= 15 is 0 Å². The predicted octanol–water partition coefficient (Wildman–Crippen LogP) is 3.03. The number of amides is 1. The molecule has 0 saturated heterocycles. The first-order valence-electron chi connectivity index (χ1n) is 7.59. The average Bonchev–Trinajstić information content (AvgIpc) is 2.60. The molecule has 7 nitrogen and oxygen atoms in total. The van der Waals surface area contributed by atoms with Gasteiger partial charge in [0, 0.05) is 9.50 Å². The molecule has 0 aliphatic carbocycles. The maximum atomic E-state index is 12.2. The van der Waals surface area contributed by atoms with E-state index in [1.54, 1.807) is 18.2 Å². The van der Waals surface area contributed by atoms with Crippen LogP contribution in [0.15, 0.2) is 52.0 Å². The van der Waals surface area contributed by atoms with Gasteiger partial charge in [-0.05, 0) is 35.9 Å². The average molecular weight is 475 g/mol. The summed E-state index contributed by atoms with van der Waals surface area (Å²) >= 11 is 9.29. The molecule has 2 aromatic rings. The van der Waals surface area contributed by atoms with E-state index in [9.17, 15) is 13.2 Å². The van der Waals surface area contributed by atoms with E-state index in [2.05, 4.69) is 26.5 Å². The highest BCUT2D eigenvalue weighted by Gasteiger charge is 2.24. The van der Waals surface area contributed by atoms with Crippen LogP contribution >= 0.6 is 27.5 Å². The van der Waals surface area contributed by atoms with Crippen molar-refractivity contribution in [3.8, 4) is 5.75 Å². The number of nitrogens with one attached hydrogen (secondary N) is 1. The number of ether oxygens (including phenoxy) is 1. The Hall–Kier alpha value is -2.10. The predicted molar refractivity (Wildman–Crippen MR) is 110 cm³/mol. The number of hydrogen-bond donors (Lipinski definition) is 1. The van der Waals surface area contributed by atoms with Gasteiger partial charge >= 0.3 is 0 Å². The second-order valence-electron chi connectivity index (χ2n) is 5.43. The number of carbonyl (C=O) groups is 1. The first-order valence-corrected chi connectivity index (χ1v) is 10.6. The Bertz CT molecular complexity index is 949. The van der Waals surface area contributed by atoms with Gasteiger partial charge in [0.2, 0.25) is 10.0 Å². The molecule has 0 aromatic heterocycles. The summed E-state index contributed by atoms with van der Waals surface area (Å²) in [6, 6.07) is 11.8. The first-order chi connectivity index (χ1) is 12.7. The van der Waals surface area contributed by atoms with Gasteiger partial charge in [-0.3, -0.25) is 9.10 Å². The molecule has 0 atom stereocenters. The Morgan fingerprint density at radius 3 is 2.56 bits per heavy atom. The van der Waals surface area contributed by atoms with Crippen LogP contribution in [0.1, 0.15) is 5.56 Å². The zero-order valence-corrected chi connectivity index (χ0v) is 17.7. The van der Waals surface area contributed by atoms with Crippen molar-refractivity contribution in [1.82, 2.24) is 5.43 Å². The Morgan fingerprint density at radius 1 is 1.30 bits per heavy atom. The Balaban J connectivity index is 2.16. The summed E-state index contributed by atoms with van der Waals surface area (Å²) in [6.07, 6.45) is 2.45. The van der Waals surface area contributed by atoms with E-state index in [1.165, 1.54) is 25.5 Å². The summed E-state index contributed by atoms with van der Waals surface area (Å²) in [5, 5.41) is 4.15. The molecule has 0 aliphatic rings. The van der Waals surface area contributed by atoms with Crippen LogP contribution in [0.3, 0.4) is 0 Å². The third-order valence-corrected chi connectivity index (χ3v) is 5.26. The van der Waals surface area contributed by atoms with Crippen molar-refractivity contribution in [3.05, 3.63) is 57.5 Å². The molecule has 1 N–H and O–H groups in total. The van der Waals surface area contributed by atoms with Crippen LogP contribution < -0.4 is 14.5 Å². The van der Waals surface area contributed by atoms with Crippen LogP contribution in [-0.4, -0.2) is 40.4 Å². The zero-order valence-electron chi connectivity index (χ0n) is 14.5. The fourth-order valence-electron chi connectivity index (χ4n) is 2.13. The summed E-state index contributed by atoms with van der Waals surface area (Å²) < 4.78 is 31.4. The van der Waals surface area contributed by atoms with Gasteiger partial charge in [-0.1, -0.05) is 39.7 Å². The van der Waals surface area contributed by atoms with Crippen molar-refractivity contribution in [2.75, 3.05) is 24.2 Å². The summed E-state index contributed by atoms with van der Waals surface area (Å²) in [4.78, 5) is 12.2. The molecule has 0 aliphatic heterocycles. The number of halogens is 2. The van der Waals surface area contributed by atoms with Gasteiger partial charge in [0.25, 0.3) is 5.91 Å². The monoisotopic (exact) mass is 473 g/mol. The molecular formula is C17H17BrClN3O4S. The smallest absolute Gasteiger partial charge is 0.260 e. The molecule has 2 aromatic carbocycles. The lowest BCUT2D eigenvalue weighted by atomic mass is 10.2. The molecule has 144 valence electrons. The molecule has 2 rings (SSSR count). The van der Waals surface area contributed by atoms with Gasteiger partial charge in [0.1, 0.15) is 12.3 Å². The van der Waals surface area contributed by atoms with Gasteiger partial charge < -0.3 is 4.74 Å². The lowest BCUT2D eigenvalue weighted by Gasteiger charge is -2.23. The highest BCUT2D eigenvalue weighted by molar-refractivity contribution is 9.10. The minimum Gasteiger partial charge on any atom is -0.495 e. The molecule has 0 radical (unpaired) electrons. The van der Waals surface area contributed by atoms with Crippen LogP contribution in [0, 0.1) is 0 Å². The SMILES string of the molecule is COc1ccc(Cl)cc1N(CC(=O)N/N=C\c1ccc(Br)cc1)S(C)(=O)=O. The van der Waals surface area contributed by atoms with Gasteiger partial charge in [0.05, 0.1) is 25.3 Å². The topological polar surface area (TPSA) is 88.1 Å². The number of methoxy groups -OCH3 is 1. The van der Waals surface area contributed by atoms with E-state index in [0.29, 0.717) is 5.02 Å². The molecule has 0 spiro atoms. The standard InChI is InChI=1S/C17H17BrClN3O4S/c1-26-16-8-7-14(19)9-15(16)22(27(2,24)25)11-17(23)21-20-10-12-3-5-13(18)6-4-12/h3-10H,11H2,1-2H3,(H,21,23)/b20-10-. The second kappa shape index (κ2) is 9.20. The Labute approximate surface area is 171 Å². The van der Waals surface area contributed by atoms with Crippen LogP contribution in [0.5, 0.6) is 5.75 Å². The minimum atomic E-state index is -3.77. The summed E-state index contributed by atoms with van der Waals surface area (Å²) in [5.41, 5.74) is 3.25. The normalized spacial score (nSPS) is 11.4. The van der Waals surface area contributed by atoms with Crippen molar-refractivity contribution in [2.45, 2.75) is 0 Å². The molecule has 0 saturated carbocycles. The highest BCUT2D eigenvalue weighted by atomic mass is 79.9. The molecule has 27 heavy (non-hydrogen) atoms. The molecular weight excluding hydrogens is 458 g/mol. The largest absolute Gasteiger partial charge is 0.495 e. The van der Waals surface area contributed by atoms with E-state index in [-0.39, 0.29) is 11.4 Å². The highest BCUT2D eigenvalue weighted by Crippen LogP contribution is 2.32. The quantitative estimate of drug-likeness (QED) is 0.493. The number of rotatable bonds is 7. The van der Waals surface area contributed by atoms with Crippen LogP contribution in [-0.2, 0) is 14.8 Å². The number of hydrogen-bond acceptors (Lipinski definition) is 5. The molecule has 0 heterocycles. The lowest BCUT2D eigenvalue weighted by molar-refractivity contribution is -0.119. The first kappa shape index (κ1) is 21.2. The van der Waals surface area contributed by atoms with Gasteiger partial charge in [0.15, 0.2) is 0 Å². The van der Waals surface area contributed by atoms with Gasteiger partial charge in [-0.15, -0.1) is 0 Å². The Kier molecular flexibility index (Phi) is 7.23. The molecule has 0 bridgehead atoms. The molecule has 0 fully saturated rings. The van der Waals surface area contributed by atoms with Crippen molar-refractivity contribution in [1.29, 1.82) is 0 Å². The molecule has 1 amide bonds. The van der Waals surface area contributed by atoms with Crippen molar-refractivity contribution in [2.24, 2.45) is 5.10 Å². The minimum absolute atomic E-state index is 0.166. The maximum Gasteiger partial charge on any atom is 0.260 e. The Morgan fingerprint density at radius 2 is 1.96 bits per heavy atom. The number of benzene rings is 2. The van der Waals surface area contributed by atoms with Crippen LogP contribution in [0.25, 0.3) is 0 Å². The zero-order chi connectivity index (χ0) is 20.0. The molecule has 10 heteroatoms. The second-order valence-corrected chi connectivity index (χ2v) is 8.69. The van der Waals surface area contributed by atoms with E-state index in [4.69, 9.17) is 16.3 Å². The maximum absolute atomic E-state index is 12.2. The van der Waals surface area contributed by atoms with Gasteiger partial charge in [-0.2, -0.15) is 5.10 Å². The van der Waals surface area contributed by atoms with Gasteiger partial charge in [-0.25, -0.2) is 13.8 Å². The van der Waals surface area contributed by atoms with Crippen molar-refractivity contribution < 1.29 is 17.9 Å². The van der Waals surface area contributed by atoms with Crippen LogP contribution in [0.4, 0.5) is 5.69 Å². The van der Waals surface area contributed by atoms with E-state index in [0.717, 1.165) is 20.6 Å². The number of carbonyl (C=O) groups excluding carboxylic acids is 1. The number of sulfonamides is 1. The van der Waals surface area contributed by atoms with E-state index in [1.807, 2.05) is 12.1 Å². The summed E-state index contributed by atoms with van der Waals surface area (Å²) in [5.74, 6) is -0.341. The fourth-order valence-corrected chi connectivity index (χ4v) is 3.41. The summed E-state index contributed by atoms with van der Waals surface area (Å²) in [7, 11) is -2.37. The number of nitrogens with zero attached hydrogens (tertiary/aromatic N) is 2. The van der Waals surface area contributed by atoms with Crippen LogP contribution in [0.2, 0.25) is 5.02 Å². The van der Waals surface area contributed by atoms with E-state index < -0.39 is 22.5 Å². The lowest BCUT2D eigenvalue weighted by Crippen LogP contribution is -2.39.